The number of benzene rings is 1. The summed E-state index contributed by atoms with van der Waals surface area (Å²) in [6.45, 7) is 3.18. The zero-order valence-electron chi connectivity index (χ0n) is 11.9. The molecule has 0 saturated heterocycles. The van der Waals surface area contributed by atoms with Crippen LogP contribution in [0.5, 0.6) is 0 Å². The van der Waals surface area contributed by atoms with E-state index in [-0.39, 0.29) is 0 Å². The van der Waals surface area contributed by atoms with Gasteiger partial charge in [-0.3, -0.25) is 0 Å². The summed E-state index contributed by atoms with van der Waals surface area (Å²) in [5.74, 6) is 0.821. The van der Waals surface area contributed by atoms with Crippen LogP contribution in [0.3, 0.4) is 0 Å². The lowest BCUT2D eigenvalue weighted by atomic mass is 9.93. The van der Waals surface area contributed by atoms with Gasteiger partial charge in [-0.15, -0.1) is 0 Å². The molecule has 1 aromatic carbocycles. The minimum atomic E-state index is 0.573. The van der Waals surface area contributed by atoms with Crippen LogP contribution in [0.2, 0.25) is 0 Å². The molecule has 2 rings (SSSR count). The number of nitriles is 1. The number of hydrogen-bond donors (Lipinski definition) is 1. The summed E-state index contributed by atoms with van der Waals surface area (Å²) in [5.41, 5.74) is 1.96. The second kappa shape index (κ2) is 7.31. The van der Waals surface area contributed by atoms with Crippen LogP contribution in [-0.2, 0) is 6.54 Å². The van der Waals surface area contributed by atoms with Crippen molar-refractivity contribution in [2.75, 3.05) is 0 Å². The highest BCUT2D eigenvalue weighted by molar-refractivity contribution is 5.32. The van der Waals surface area contributed by atoms with Crippen molar-refractivity contribution in [1.29, 1.82) is 5.26 Å². The lowest BCUT2D eigenvalue weighted by Gasteiger charge is -2.23. The molecule has 0 radical (unpaired) electrons. The third-order valence-electron chi connectivity index (χ3n) is 4.29. The van der Waals surface area contributed by atoms with Crippen LogP contribution in [0, 0.1) is 17.2 Å². The van der Waals surface area contributed by atoms with Gasteiger partial charge in [-0.05, 0) is 43.4 Å². The molecular formula is C17H24N2. The van der Waals surface area contributed by atoms with Crippen LogP contribution in [0.25, 0.3) is 0 Å². The fourth-order valence-corrected chi connectivity index (χ4v) is 3.01. The van der Waals surface area contributed by atoms with Gasteiger partial charge >= 0.3 is 0 Å². The van der Waals surface area contributed by atoms with Crippen molar-refractivity contribution in [3.05, 3.63) is 35.4 Å². The van der Waals surface area contributed by atoms with Crippen LogP contribution in [0.1, 0.15) is 56.6 Å². The molecule has 1 N–H and O–H groups in total. The van der Waals surface area contributed by atoms with E-state index in [2.05, 4.69) is 24.4 Å². The van der Waals surface area contributed by atoms with Crippen LogP contribution in [0.4, 0.5) is 0 Å². The Bertz CT molecular complexity index is 425. The zero-order valence-corrected chi connectivity index (χ0v) is 11.9. The summed E-state index contributed by atoms with van der Waals surface area (Å²) >= 11 is 0. The molecule has 0 aliphatic heterocycles. The lowest BCUT2D eigenvalue weighted by Crippen LogP contribution is -2.32. The molecule has 1 saturated carbocycles. The van der Waals surface area contributed by atoms with Crippen molar-refractivity contribution in [2.45, 2.75) is 58.0 Å². The molecule has 19 heavy (non-hydrogen) atoms. The standard InChI is InChI=1S/C17H24N2/c1-14(17-9-4-2-3-5-10-17)19-13-16-8-6-7-15(11-16)12-18/h6-8,11,14,17,19H,2-5,9-10,13H2,1H3/t14-/m0/s1. The lowest BCUT2D eigenvalue weighted by molar-refractivity contribution is 0.336. The summed E-state index contributed by atoms with van der Waals surface area (Å²) in [7, 11) is 0. The quantitative estimate of drug-likeness (QED) is 0.826. The molecule has 1 aliphatic rings. The molecular weight excluding hydrogens is 232 g/mol. The fourth-order valence-electron chi connectivity index (χ4n) is 3.01. The Hall–Kier alpha value is -1.33. The molecule has 0 heterocycles. The van der Waals surface area contributed by atoms with Gasteiger partial charge in [0.05, 0.1) is 11.6 Å². The van der Waals surface area contributed by atoms with E-state index in [0.29, 0.717) is 6.04 Å². The van der Waals surface area contributed by atoms with E-state index < -0.39 is 0 Å². The van der Waals surface area contributed by atoms with Crippen molar-refractivity contribution in [3.8, 4) is 6.07 Å². The number of rotatable bonds is 4. The number of nitrogens with one attached hydrogen (secondary N) is 1. The first-order valence-electron chi connectivity index (χ1n) is 7.52. The molecule has 102 valence electrons. The minimum Gasteiger partial charge on any atom is -0.310 e. The molecule has 0 aromatic heterocycles. The van der Waals surface area contributed by atoms with E-state index >= 15 is 0 Å². The summed E-state index contributed by atoms with van der Waals surface area (Å²) in [6.07, 6.45) is 8.33. The van der Waals surface area contributed by atoms with Gasteiger partial charge in [-0.1, -0.05) is 37.8 Å². The van der Waals surface area contributed by atoms with E-state index in [0.717, 1.165) is 18.0 Å². The van der Waals surface area contributed by atoms with E-state index in [4.69, 9.17) is 5.26 Å². The van der Waals surface area contributed by atoms with Gasteiger partial charge in [0.25, 0.3) is 0 Å². The smallest absolute Gasteiger partial charge is 0.0991 e. The topological polar surface area (TPSA) is 35.8 Å². The molecule has 2 heteroatoms. The Balaban J connectivity index is 1.85. The molecule has 0 bridgehead atoms. The molecule has 1 atom stereocenters. The third-order valence-corrected chi connectivity index (χ3v) is 4.29. The first kappa shape index (κ1) is 14.1. The van der Waals surface area contributed by atoms with Crippen molar-refractivity contribution in [3.63, 3.8) is 0 Å². The van der Waals surface area contributed by atoms with Gasteiger partial charge in [-0.25, -0.2) is 0 Å². The number of nitrogens with zero attached hydrogens (tertiary/aromatic N) is 1. The molecule has 2 nitrogen and oxygen atoms in total. The van der Waals surface area contributed by atoms with Crippen LogP contribution in [-0.4, -0.2) is 6.04 Å². The maximum absolute atomic E-state index is 8.90. The van der Waals surface area contributed by atoms with Gasteiger partial charge in [0, 0.05) is 12.6 Å². The Kier molecular flexibility index (Phi) is 5.42. The highest BCUT2D eigenvalue weighted by Gasteiger charge is 2.18. The molecule has 1 fully saturated rings. The predicted octanol–water partition coefficient (Wildman–Crippen LogP) is 4.01. The largest absolute Gasteiger partial charge is 0.310 e. The van der Waals surface area contributed by atoms with Crippen LogP contribution in [0.15, 0.2) is 24.3 Å². The van der Waals surface area contributed by atoms with E-state index in [1.807, 2.05) is 18.2 Å². The van der Waals surface area contributed by atoms with Crippen LogP contribution < -0.4 is 5.32 Å². The SMILES string of the molecule is C[C@H](NCc1cccc(C#N)c1)C1CCCCCC1. The van der Waals surface area contributed by atoms with Crippen LogP contribution >= 0.6 is 0 Å². The van der Waals surface area contributed by atoms with Crippen molar-refractivity contribution in [1.82, 2.24) is 5.32 Å². The third kappa shape index (κ3) is 4.36. The van der Waals surface area contributed by atoms with Crippen molar-refractivity contribution < 1.29 is 0 Å². The van der Waals surface area contributed by atoms with Gasteiger partial charge in [-0.2, -0.15) is 5.26 Å². The summed E-state index contributed by atoms with van der Waals surface area (Å²) < 4.78 is 0. The summed E-state index contributed by atoms with van der Waals surface area (Å²) in [6, 6.07) is 10.7. The number of hydrogen-bond acceptors (Lipinski definition) is 2. The van der Waals surface area contributed by atoms with Gasteiger partial charge in [0.1, 0.15) is 0 Å². The average Bonchev–Trinajstić information content (AvgIpc) is 2.74. The zero-order chi connectivity index (χ0) is 13.5. The molecule has 0 unspecified atom stereocenters. The molecule has 0 amide bonds. The normalized spacial score (nSPS) is 18.5. The fraction of sp³-hybridized carbons (Fsp3) is 0.588. The maximum atomic E-state index is 8.90. The monoisotopic (exact) mass is 256 g/mol. The summed E-state index contributed by atoms with van der Waals surface area (Å²) in [4.78, 5) is 0. The first-order valence-corrected chi connectivity index (χ1v) is 7.52. The maximum Gasteiger partial charge on any atom is 0.0991 e. The Morgan fingerprint density at radius 3 is 2.68 bits per heavy atom. The first-order chi connectivity index (χ1) is 9.29. The highest BCUT2D eigenvalue weighted by atomic mass is 14.9. The Morgan fingerprint density at radius 2 is 2.00 bits per heavy atom. The van der Waals surface area contributed by atoms with Gasteiger partial charge in [0.15, 0.2) is 0 Å². The van der Waals surface area contributed by atoms with E-state index in [1.54, 1.807) is 0 Å². The second-order valence-electron chi connectivity index (χ2n) is 5.73. The predicted molar refractivity (Wildman–Crippen MR) is 78.7 cm³/mol. The van der Waals surface area contributed by atoms with Gasteiger partial charge in [0.2, 0.25) is 0 Å². The molecule has 0 spiro atoms. The minimum absolute atomic E-state index is 0.573. The average molecular weight is 256 g/mol. The van der Waals surface area contributed by atoms with E-state index in [9.17, 15) is 0 Å². The highest BCUT2D eigenvalue weighted by Crippen LogP contribution is 2.25. The summed E-state index contributed by atoms with van der Waals surface area (Å²) in [5, 5.41) is 12.5. The molecule has 1 aromatic rings. The van der Waals surface area contributed by atoms with E-state index in [1.165, 1.54) is 44.1 Å². The van der Waals surface area contributed by atoms with Crippen molar-refractivity contribution >= 4 is 0 Å². The Morgan fingerprint density at radius 1 is 1.26 bits per heavy atom. The van der Waals surface area contributed by atoms with Crippen molar-refractivity contribution in [2.24, 2.45) is 5.92 Å². The molecule has 1 aliphatic carbocycles. The Labute approximate surface area is 116 Å². The second-order valence-corrected chi connectivity index (χ2v) is 5.73. The van der Waals surface area contributed by atoms with Gasteiger partial charge < -0.3 is 5.32 Å².